The first-order valence-corrected chi connectivity index (χ1v) is 25.6. The molecule has 0 atom stereocenters. The van der Waals surface area contributed by atoms with Gasteiger partial charge in [-0.1, -0.05) is 43.2 Å². The molecular weight excluding hydrogens is 902 g/mol. The zero-order valence-electron chi connectivity index (χ0n) is 38.5. The molecule has 3 aromatic carbocycles. The molecule has 0 unspecified atom stereocenters. The molecule has 1 saturated carbocycles. The molecule has 4 aliphatic rings. The number of piperazine rings is 1. The number of hydrogen-bond acceptors (Lipinski definition) is 11. The van der Waals surface area contributed by atoms with E-state index >= 15 is 0 Å². The summed E-state index contributed by atoms with van der Waals surface area (Å²) in [5.41, 5.74) is 7.75. The van der Waals surface area contributed by atoms with Gasteiger partial charge in [0.25, 0.3) is 15.9 Å². The number of carboxylic acids is 1. The third-order valence-electron chi connectivity index (χ3n) is 14.4. The molecule has 6 aromatic rings. The number of halogens is 1. The highest BCUT2D eigenvalue weighted by Gasteiger charge is 2.32. The highest BCUT2D eigenvalue weighted by molar-refractivity contribution is 7.90. The molecule has 10 rings (SSSR count). The molecule has 15 nitrogen and oxygen atoms in total. The summed E-state index contributed by atoms with van der Waals surface area (Å²) in [5.74, 6) is -2.16. The second-order valence-electron chi connectivity index (χ2n) is 19.5. The number of morpholine rings is 1. The van der Waals surface area contributed by atoms with E-state index in [2.05, 4.69) is 60.8 Å². The number of H-pyrrole nitrogens is 1. The van der Waals surface area contributed by atoms with Crippen LogP contribution in [-0.4, -0.2) is 126 Å². The van der Waals surface area contributed by atoms with Gasteiger partial charge in [0.1, 0.15) is 11.2 Å². The standard InChI is InChI=1S/C51H58ClN9O6S/c1-51(2)17-15-35(43(30-51)33-3-5-36(52)6-4-33)32-58-19-21-59(22-20-58)39-11-13-41(46(28-39)61-47-27-34-16-18-53-48(34)56-45(47)31-54-61)49(62)57-68(65,66)40-12-14-44(42(29-40)50(63)64)55-37-7-9-38(10-8-37)60-23-25-67-26-24-60/h3-6,11-14,16,18,27-29,31,37-38,55H,7-10,15,17,19-26,30,32H2,1-2H3,(H,53,56)(H,57,62)(H,63,64)/t37-,38-. The Labute approximate surface area is 401 Å². The lowest BCUT2D eigenvalue weighted by Crippen LogP contribution is -2.47. The number of aromatic amines is 1. The first-order chi connectivity index (χ1) is 32.8. The van der Waals surface area contributed by atoms with Crippen molar-refractivity contribution in [3.8, 4) is 5.69 Å². The number of allylic oxidation sites excluding steroid dienone is 1. The van der Waals surface area contributed by atoms with Crippen LogP contribution in [0.4, 0.5) is 11.4 Å². The normalized spacial score (nSPS) is 20.8. The highest BCUT2D eigenvalue weighted by Crippen LogP contribution is 2.43. The number of pyridine rings is 1. The minimum atomic E-state index is -4.54. The number of hydrogen-bond donors (Lipinski definition) is 4. The molecule has 2 aliphatic carbocycles. The molecule has 68 heavy (non-hydrogen) atoms. The number of fused-ring (bicyclic) bond motifs is 2. The number of aromatic nitrogens is 4. The third-order valence-corrected chi connectivity index (χ3v) is 16.0. The van der Waals surface area contributed by atoms with Crippen molar-refractivity contribution in [2.75, 3.05) is 69.2 Å². The van der Waals surface area contributed by atoms with Gasteiger partial charge in [0.15, 0.2) is 0 Å². The minimum absolute atomic E-state index is 0.0423. The van der Waals surface area contributed by atoms with E-state index in [-0.39, 0.29) is 27.5 Å². The van der Waals surface area contributed by atoms with E-state index in [1.807, 2.05) is 36.4 Å². The minimum Gasteiger partial charge on any atom is -0.478 e. The molecule has 0 radical (unpaired) electrons. The number of carboxylic acid groups (broad SMARTS) is 1. The largest absolute Gasteiger partial charge is 0.478 e. The van der Waals surface area contributed by atoms with E-state index in [0.717, 1.165) is 126 Å². The Bertz CT molecular complexity index is 3000. The van der Waals surface area contributed by atoms with Gasteiger partial charge in [0, 0.05) is 85.9 Å². The fraction of sp³-hybridized carbons (Fsp3) is 0.412. The number of nitrogens with one attached hydrogen (secondary N) is 3. The van der Waals surface area contributed by atoms with Gasteiger partial charge in [-0.3, -0.25) is 14.6 Å². The van der Waals surface area contributed by atoms with E-state index in [1.54, 1.807) is 23.1 Å². The average molecular weight is 961 g/mol. The van der Waals surface area contributed by atoms with Gasteiger partial charge in [0.05, 0.1) is 46.6 Å². The van der Waals surface area contributed by atoms with E-state index in [0.29, 0.717) is 34.1 Å². The summed E-state index contributed by atoms with van der Waals surface area (Å²) in [6.07, 6.45) is 10.3. The molecule has 0 bridgehead atoms. The van der Waals surface area contributed by atoms with Crippen molar-refractivity contribution >= 4 is 72.5 Å². The first kappa shape index (κ1) is 46.0. The maximum absolute atomic E-state index is 14.3. The number of anilines is 2. The fourth-order valence-electron chi connectivity index (χ4n) is 10.6. The van der Waals surface area contributed by atoms with Crippen molar-refractivity contribution in [3.63, 3.8) is 0 Å². The Hall–Kier alpha value is -5.78. The Morgan fingerprint density at radius 3 is 2.43 bits per heavy atom. The number of sulfonamides is 1. The summed E-state index contributed by atoms with van der Waals surface area (Å²) in [6, 6.07) is 21.9. The molecule has 1 amide bonds. The molecular formula is C51H58ClN9O6S. The molecule has 0 spiro atoms. The van der Waals surface area contributed by atoms with Crippen LogP contribution in [0.5, 0.6) is 0 Å². The Morgan fingerprint density at radius 2 is 1.68 bits per heavy atom. The van der Waals surface area contributed by atoms with E-state index < -0.39 is 21.9 Å². The van der Waals surface area contributed by atoms with Crippen molar-refractivity contribution in [2.24, 2.45) is 5.41 Å². The predicted molar refractivity (Wildman–Crippen MR) is 265 cm³/mol. The lowest BCUT2D eigenvalue weighted by atomic mass is 9.72. The number of rotatable bonds is 12. The summed E-state index contributed by atoms with van der Waals surface area (Å²) >= 11 is 6.27. The van der Waals surface area contributed by atoms with Gasteiger partial charge in [-0.05, 0) is 122 Å². The van der Waals surface area contributed by atoms with Gasteiger partial charge in [-0.15, -0.1) is 0 Å². The summed E-state index contributed by atoms with van der Waals surface area (Å²) in [4.78, 5) is 41.7. The molecule has 4 N–H and O–H groups in total. The van der Waals surface area contributed by atoms with Crippen LogP contribution in [-0.2, 0) is 14.8 Å². The summed E-state index contributed by atoms with van der Waals surface area (Å²) in [7, 11) is -4.54. The van der Waals surface area contributed by atoms with Gasteiger partial charge < -0.3 is 25.0 Å². The van der Waals surface area contributed by atoms with Crippen molar-refractivity contribution < 1.29 is 27.9 Å². The summed E-state index contributed by atoms with van der Waals surface area (Å²) in [5, 5.41) is 19.9. The van der Waals surface area contributed by atoms with Crippen molar-refractivity contribution in [3.05, 3.63) is 112 Å². The number of aromatic carboxylic acids is 1. The van der Waals surface area contributed by atoms with Gasteiger partial charge in [0.2, 0.25) is 0 Å². The summed E-state index contributed by atoms with van der Waals surface area (Å²) in [6.45, 7) is 12.1. The number of amides is 1. The Kier molecular flexibility index (Phi) is 12.8. The monoisotopic (exact) mass is 959 g/mol. The molecule has 2 saturated heterocycles. The van der Waals surface area contributed by atoms with Crippen LogP contribution < -0.4 is 14.9 Å². The van der Waals surface area contributed by atoms with E-state index in [1.165, 1.54) is 28.8 Å². The zero-order chi connectivity index (χ0) is 47.2. The number of nitrogens with zero attached hydrogens (tertiary/aromatic N) is 6. The maximum atomic E-state index is 14.3. The average Bonchev–Trinajstić information content (AvgIpc) is 3.98. The van der Waals surface area contributed by atoms with Crippen LogP contribution >= 0.6 is 11.6 Å². The zero-order valence-corrected chi connectivity index (χ0v) is 40.1. The SMILES string of the molecule is CC1(C)CCC(CN2CCN(c3ccc(C(=O)NS(=O)(=O)c4ccc(N[C@H]5CC[C@H](N6CCOCC6)CC5)c(C(=O)O)c4)c(-n4ncc5nc6[nH]ccc6cc54)c3)CC2)=C(c2ccc(Cl)cc2)C1. The quantitative estimate of drug-likeness (QED) is 0.0926. The Balaban J connectivity index is 0.884. The maximum Gasteiger partial charge on any atom is 0.337 e. The topological polar surface area (TPSA) is 178 Å². The molecule has 5 heterocycles. The van der Waals surface area contributed by atoms with E-state index in [4.69, 9.17) is 21.3 Å². The molecule has 3 aromatic heterocycles. The third kappa shape index (κ3) is 9.74. The van der Waals surface area contributed by atoms with Crippen LogP contribution in [0.3, 0.4) is 0 Å². The number of benzene rings is 3. The molecule has 17 heteroatoms. The van der Waals surface area contributed by atoms with Crippen LogP contribution in [0, 0.1) is 5.41 Å². The summed E-state index contributed by atoms with van der Waals surface area (Å²) < 4.78 is 37.4. The molecule has 356 valence electrons. The second kappa shape index (κ2) is 19.0. The predicted octanol–water partition coefficient (Wildman–Crippen LogP) is 8.21. The van der Waals surface area contributed by atoms with Crippen LogP contribution in [0.1, 0.15) is 85.1 Å². The van der Waals surface area contributed by atoms with Crippen molar-refractivity contribution in [1.29, 1.82) is 0 Å². The second-order valence-corrected chi connectivity index (χ2v) is 21.6. The van der Waals surface area contributed by atoms with Crippen molar-refractivity contribution in [2.45, 2.75) is 75.8 Å². The molecule has 2 aliphatic heterocycles. The van der Waals surface area contributed by atoms with Crippen molar-refractivity contribution in [1.82, 2.24) is 34.3 Å². The molecule has 3 fully saturated rings. The number of carbonyl (C=O) groups is 2. The van der Waals surface area contributed by atoms with Crippen LogP contribution in [0.2, 0.25) is 5.02 Å². The lowest BCUT2D eigenvalue weighted by Gasteiger charge is -2.39. The number of ether oxygens (including phenoxy) is 1. The first-order valence-electron chi connectivity index (χ1n) is 23.7. The van der Waals surface area contributed by atoms with Gasteiger partial charge in [-0.2, -0.15) is 5.10 Å². The van der Waals surface area contributed by atoms with Crippen LogP contribution in [0.25, 0.3) is 33.3 Å². The van der Waals surface area contributed by atoms with Crippen LogP contribution in [0.15, 0.2) is 95.7 Å². The Morgan fingerprint density at radius 1 is 0.912 bits per heavy atom. The highest BCUT2D eigenvalue weighted by atomic mass is 35.5. The van der Waals surface area contributed by atoms with Gasteiger partial charge in [-0.25, -0.2) is 27.6 Å². The van der Waals surface area contributed by atoms with Gasteiger partial charge >= 0.3 is 5.97 Å². The fourth-order valence-corrected chi connectivity index (χ4v) is 11.7. The number of carbonyl (C=O) groups excluding carboxylic acids is 1. The smallest absolute Gasteiger partial charge is 0.337 e. The van der Waals surface area contributed by atoms with E-state index in [9.17, 15) is 23.1 Å². The lowest BCUT2D eigenvalue weighted by molar-refractivity contribution is 0.00791.